The van der Waals surface area contributed by atoms with E-state index >= 15 is 0 Å². The lowest BCUT2D eigenvalue weighted by atomic mass is 10.1. The third kappa shape index (κ3) is 5.21. The average Bonchev–Trinajstić information content (AvgIpc) is 3.52. The number of benzene rings is 1. The summed E-state index contributed by atoms with van der Waals surface area (Å²) < 4.78 is 16.9. The van der Waals surface area contributed by atoms with Crippen molar-refractivity contribution in [2.45, 2.75) is 44.6 Å². The van der Waals surface area contributed by atoms with Gasteiger partial charge in [0.25, 0.3) is 5.91 Å². The number of piperidine rings is 1. The van der Waals surface area contributed by atoms with Crippen molar-refractivity contribution in [3.63, 3.8) is 0 Å². The van der Waals surface area contributed by atoms with Crippen molar-refractivity contribution < 1.29 is 23.5 Å². The van der Waals surface area contributed by atoms with Crippen LogP contribution >= 0.6 is 0 Å². The van der Waals surface area contributed by atoms with E-state index in [1.165, 1.54) is 0 Å². The number of nitrogens with zero attached hydrogens (tertiary/aromatic N) is 2. The highest BCUT2D eigenvalue weighted by atomic mass is 16.5. The van der Waals surface area contributed by atoms with E-state index in [-0.39, 0.29) is 17.9 Å². The molecule has 7 nitrogen and oxygen atoms in total. The SMILES string of the molecule is COc1ccc(C(=O)N2CCCC2)c(OC2CCN(C(=O)CCc3ccco3)CC2)c1. The van der Waals surface area contributed by atoms with Gasteiger partial charge in [0.1, 0.15) is 23.4 Å². The van der Waals surface area contributed by atoms with E-state index in [2.05, 4.69) is 0 Å². The van der Waals surface area contributed by atoms with Gasteiger partial charge in [-0.3, -0.25) is 9.59 Å². The highest BCUT2D eigenvalue weighted by Crippen LogP contribution is 2.30. The van der Waals surface area contributed by atoms with Crippen molar-refractivity contribution in [2.24, 2.45) is 0 Å². The predicted octanol–water partition coefficient (Wildman–Crippen LogP) is 3.53. The largest absolute Gasteiger partial charge is 0.497 e. The molecule has 0 atom stereocenters. The third-order valence-corrected chi connectivity index (χ3v) is 6.07. The van der Waals surface area contributed by atoms with Gasteiger partial charge in [0.05, 0.1) is 18.9 Å². The van der Waals surface area contributed by atoms with E-state index in [1.54, 1.807) is 31.6 Å². The van der Waals surface area contributed by atoms with E-state index in [4.69, 9.17) is 13.9 Å². The van der Waals surface area contributed by atoms with Crippen LogP contribution in [0.3, 0.4) is 0 Å². The fourth-order valence-electron chi connectivity index (χ4n) is 4.24. The van der Waals surface area contributed by atoms with Crippen LogP contribution < -0.4 is 9.47 Å². The average molecular weight is 427 g/mol. The van der Waals surface area contributed by atoms with Crippen LogP contribution in [-0.4, -0.2) is 61.0 Å². The second-order valence-corrected chi connectivity index (χ2v) is 8.14. The first kappa shape index (κ1) is 21.3. The third-order valence-electron chi connectivity index (χ3n) is 6.07. The van der Waals surface area contributed by atoms with E-state index in [1.807, 2.05) is 21.9 Å². The minimum absolute atomic E-state index is 0.0145. The second-order valence-electron chi connectivity index (χ2n) is 8.14. The summed E-state index contributed by atoms with van der Waals surface area (Å²) in [5.41, 5.74) is 0.583. The van der Waals surface area contributed by atoms with Gasteiger partial charge < -0.3 is 23.7 Å². The van der Waals surface area contributed by atoms with Crippen molar-refractivity contribution >= 4 is 11.8 Å². The van der Waals surface area contributed by atoms with Gasteiger partial charge in [0.15, 0.2) is 0 Å². The maximum absolute atomic E-state index is 13.0. The molecule has 2 amide bonds. The van der Waals surface area contributed by atoms with E-state index in [0.29, 0.717) is 43.0 Å². The normalized spacial score (nSPS) is 17.1. The Kier molecular flexibility index (Phi) is 6.79. The molecule has 1 aromatic heterocycles. The lowest BCUT2D eigenvalue weighted by Crippen LogP contribution is -2.42. The summed E-state index contributed by atoms with van der Waals surface area (Å²) in [6, 6.07) is 9.12. The minimum Gasteiger partial charge on any atom is -0.497 e. The number of carbonyl (C=O) groups excluding carboxylic acids is 2. The number of methoxy groups -OCH3 is 1. The first-order valence-corrected chi connectivity index (χ1v) is 11.1. The zero-order valence-electron chi connectivity index (χ0n) is 18.0. The number of rotatable bonds is 7. The molecule has 0 N–H and O–H groups in total. The number of hydrogen-bond donors (Lipinski definition) is 0. The molecule has 4 rings (SSSR count). The van der Waals surface area contributed by atoms with Crippen molar-refractivity contribution in [3.8, 4) is 11.5 Å². The lowest BCUT2D eigenvalue weighted by molar-refractivity contribution is -0.133. The van der Waals surface area contributed by atoms with Crippen LogP contribution in [0.25, 0.3) is 0 Å². The summed E-state index contributed by atoms with van der Waals surface area (Å²) in [7, 11) is 1.61. The van der Waals surface area contributed by atoms with Crippen molar-refractivity contribution in [1.82, 2.24) is 9.80 Å². The number of hydrogen-bond acceptors (Lipinski definition) is 5. The number of carbonyl (C=O) groups is 2. The van der Waals surface area contributed by atoms with E-state index in [0.717, 1.165) is 44.5 Å². The highest BCUT2D eigenvalue weighted by molar-refractivity contribution is 5.97. The summed E-state index contributed by atoms with van der Waals surface area (Å²) in [4.78, 5) is 29.3. The quantitative estimate of drug-likeness (QED) is 0.677. The molecule has 31 heavy (non-hydrogen) atoms. The Bertz CT molecular complexity index is 881. The molecule has 166 valence electrons. The van der Waals surface area contributed by atoms with Gasteiger partial charge in [-0.2, -0.15) is 0 Å². The Balaban J connectivity index is 1.35. The lowest BCUT2D eigenvalue weighted by Gasteiger charge is -2.32. The number of amides is 2. The molecule has 0 bridgehead atoms. The predicted molar refractivity (Wildman–Crippen MR) is 115 cm³/mol. The molecule has 0 spiro atoms. The second kappa shape index (κ2) is 9.90. The monoisotopic (exact) mass is 426 g/mol. The molecular weight excluding hydrogens is 396 g/mol. The minimum atomic E-state index is -0.0358. The zero-order chi connectivity index (χ0) is 21.6. The van der Waals surface area contributed by atoms with Gasteiger partial charge in [-0.05, 0) is 37.1 Å². The molecule has 2 aromatic rings. The first-order chi connectivity index (χ1) is 15.1. The Hall–Kier alpha value is -2.96. The van der Waals surface area contributed by atoms with Crippen molar-refractivity contribution in [3.05, 3.63) is 47.9 Å². The van der Waals surface area contributed by atoms with Gasteiger partial charge in [0, 0.05) is 57.9 Å². The molecule has 0 radical (unpaired) electrons. The van der Waals surface area contributed by atoms with Crippen LogP contribution in [0.1, 0.15) is 48.2 Å². The number of ether oxygens (including phenoxy) is 2. The highest BCUT2D eigenvalue weighted by Gasteiger charge is 2.27. The van der Waals surface area contributed by atoms with Gasteiger partial charge in [0.2, 0.25) is 5.91 Å². The van der Waals surface area contributed by atoms with Crippen LogP contribution in [0.4, 0.5) is 0 Å². The fourth-order valence-corrected chi connectivity index (χ4v) is 4.24. The molecule has 2 fully saturated rings. The Morgan fingerprint density at radius 1 is 1.06 bits per heavy atom. The topological polar surface area (TPSA) is 72.2 Å². The fraction of sp³-hybridized carbons (Fsp3) is 0.500. The van der Waals surface area contributed by atoms with Gasteiger partial charge in [-0.25, -0.2) is 0 Å². The van der Waals surface area contributed by atoms with Crippen molar-refractivity contribution in [1.29, 1.82) is 0 Å². The van der Waals surface area contributed by atoms with Gasteiger partial charge >= 0.3 is 0 Å². The maximum Gasteiger partial charge on any atom is 0.257 e. The number of furan rings is 1. The van der Waals surface area contributed by atoms with Gasteiger partial charge in [-0.15, -0.1) is 0 Å². The molecule has 2 saturated heterocycles. The Morgan fingerprint density at radius 3 is 2.52 bits per heavy atom. The van der Waals surface area contributed by atoms with E-state index < -0.39 is 0 Å². The molecule has 2 aliphatic rings. The van der Waals surface area contributed by atoms with Crippen LogP contribution in [0.2, 0.25) is 0 Å². The maximum atomic E-state index is 13.0. The summed E-state index contributed by atoms with van der Waals surface area (Å²) in [5, 5.41) is 0. The Labute approximate surface area is 182 Å². The molecule has 0 aliphatic carbocycles. The number of likely N-dealkylation sites (tertiary alicyclic amines) is 2. The van der Waals surface area contributed by atoms with Crippen LogP contribution in [0, 0.1) is 0 Å². The van der Waals surface area contributed by atoms with Crippen LogP contribution in [-0.2, 0) is 11.2 Å². The smallest absolute Gasteiger partial charge is 0.257 e. The van der Waals surface area contributed by atoms with Crippen LogP contribution in [0.15, 0.2) is 41.0 Å². The van der Waals surface area contributed by atoms with Crippen LogP contribution in [0.5, 0.6) is 11.5 Å². The molecule has 0 unspecified atom stereocenters. The molecule has 0 saturated carbocycles. The molecule has 3 heterocycles. The summed E-state index contributed by atoms with van der Waals surface area (Å²) in [5.74, 6) is 2.22. The summed E-state index contributed by atoms with van der Waals surface area (Å²) in [6.07, 6.45) is 6.23. The molecular formula is C24H30N2O5. The zero-order valence-corrected chi connectivity index (χ0v) is 18.0. The molecule has 7 heteroatoms. The number of aryl methyl sites for hydroxylation is 1. The standard InChI is InChI=1S/C24H30N2O5/c1-29-20-6-8-21(24(28)26-12-2-3-13-26)22(17-20)31-19-10-14-25(15-11-19)23(27)9-7-18-5-4-16-30-18/h4-6,8,16-17,19H,2-3,7,9-15H2,1H3. The Morgan fingerprint density at radius 2 is 1.84 bits per heavy atom. The first-order valence-electron chi connectivity index (χ1n) is 11.1. The van der Waals surface area contributed by atoms with Crippen molar-refractivity contribution in [2.75, 3.05) is 33.3 Å². The molecule has 2 aliphatic heterocycles. The summed E-state index contributed by atoms with van der Waals surface area (Å²) >= 11 is 0. The molecule has 1 aromatic carbocycles. The summed E-state index contributed by atoms with van der Waals surface area (Å²) in [6.45, 7) is 2.90. The van der Waals surface area contributed by atoms with E-state index in [9.17, 15) is 9.59 Å². The van der Waals surface area contributed by atoms with Gasteiger partial charge in [-0.1, -0.05) is 0 Å².